The Hall–Kier alpha value is -2.14. The Kier molecular flexibility index (Phi) is 7.35. The maximum Gasteiger partial charge on any atom is 0.264 e. The van der Waals surface area contributed by atoms with Crippen molar-refractivity contribution in [3.63, 3.8) is 0 Å². The molecule has 0 saturated heterocycles. The molecule has 3 aromatic rings. The Morgan fingerprint density at radius 2 is 1.90 bits per heavy atom. The largest absolute Gasteiger partial charge is 0.299 e. The predicted octanol–water partition coefficient (Wildman–Crippen LogP) is 4.53. The zero-order chi connectivity index (χ0) is 21.7. The average Bonchev–Trinajstić information content (AvgIpc) is 3.12. The van der Waals surface area contributed by atoms with Crippen LogP contribution in [0.4, 0.5) is 10.8 Å². The van der Waals surface area contributed by atoms with E-state index in [0.717, 1.165) is 8.64 Å². The summed E-state index contributed by atoms with van der Waals surface area (Å²) in [7, 11) is -3.99. The molecular weight excluding hydrogens is 464 g/mol. The van der Waals surface area contributed by atoms with E-state index in [9.17, 15) is 13.2 Å². The minimum Gasteiger partial charge on any atom is -0.299 e. The molecule has 2 aromatic carbocycles. The first kappa shape index (κ1) is 22.5. The Labute approximate surface area is 188 Å². The van der Waals surface area contributed by atoms with Gasteiger partial charge in [-0.1, -0.05) is 72.8 Å². The molecule has 0 saturated carbocycles. The van der Waals surface area contributed by atoms with Crippen molar-refractivity contribution in [2.24, 2.45) is 0 Å². The van der Waals surface area contributed by atoms with Gasteiger partial charge < -0.3 is 0 Å². The molecule has 0 bridgehead atoms. The van der Waals surface area contributed by atoms with Crippen molar-refractivity contribution in [1.29, 1.82) is 0 Å². The van der Waals surface area contributed by atoms with Crippen molar-refractivity contribution < 1.29 is 13.2 Å². The Bertz CT molecular complexity index is 1120. The van der Waals surface area contributed by atoms with Crippen LogP contribution in [-0.4, -0.2) is 36.3 Å². The summed E-state index contributed by atoms with van der Waals surface area (Å²) in [4.78, 5) is 12.7. The lowest BCUT2D eigenvalue weighted by Gasteiger charge is -2.24. The number of carbonyl (C=O) groups is 1. The number of nitrogens with zero attached hydrogens (tertiary/aromatic N) is 3. The van der Waals surface area contributed by atoms with Gasteiger partial charge in [-0.25, -0.2) is 8.42 Å². The van der Waals surface area contributed by atoms with Gasteiger partial charge in [0.25, 0.3) is 10.0 Å². The van der Waals surface area contributed by atoms with Crippen LogP contribution in [0.15, 0.2) is 63.8 Å². The molecule has 0 aliphatic heterocycles. The van der Waals surface area contributed by atoms with Crippen LogP contribution in [0.1, 0.15) is 13.8 Å². The molecule has 7 nitrogen and oxygen atoms in total. The van der Waals surface area contributed by atoms with E-state index in [-0.39, 0.29) is 10.6 Å². The van der Waals surface area contributed by atoms with Gasteiger partial charge in [-0.05, 0) is 30.3 Å². The van der Waals surface area contributed by atoms with E-state index in [1.807, 2.05) is 13.8 Å². The van der Waals surface area contributed by atoms with Crippen molar-refractivity contribution in [1.82, 2.24) is 10.2 Å². The predicted molar refractivity (Wildman–Crippen MR) is 122 cm³/mol. The third-order valence-electron chi connectivity index (χ3n) is 3.70. The molecule has 30 heavy (non-hydrogen) atoms. The summed E-state index contributed by atoms with van der Waals surface area (Å²) in [5.74, 6) is -0.535. The first-order chi connectivity index (χ1) is 14.3. The van der Waals surface area contributed by atoms with E-state index in [4.69, 9.17) is 11.6 Å². The van der Waals surface area contributed by atoms with E-state index in [0.29, 0.717) is 15.4 Å². The van der Waals surface area contributed by atoms with E-state index in [2.05, 4.69) is 15.5 Å². The fraction of sp³-hybridized carbons (Fsp3) is 0.211. The number of thioether (sulfide) groups is 1. The van der Waals surface area contributed by atoms with Gasteiger partial charge in [-0.3, -0.25) is 14.4 Å². The molecule has 158 valence electrons. The van der Waals surface area contributed by atoms with E-state index < -0.39 is 22.5 Å². The molecule has 1 amide bonds. The number of hydrogen-bond donors (Lipinski definition) is 1. The molecule has 1 aromatic heterocycles. The van der Waals surface area contributed by atoms with Gasteiger partial charge in [0.15, 0.2) is 4.34 Å². The van der Waals surface area contributed by atoms with Gasteiger partial charge in [0, 0.05) is 10.3 Å². The van der Waals surface area contributed by atoms with Crippen LogP contribution >= 0.6 is 34.7 Å². The van der Waals surface area contributed by atoms with Gasteiger partial charge in [-0.2, -0.15) is 0 Å². The maximum absolute atomic E-state index is 13.2. The van der Waals surface area contributed by atoms with Gasteiger partial charge in [0.05, 0.1) is 10.6 Å². The smallest absolute Gasteiger partial charge is 0.264 e. The number of benzene rings is 2. The Morgan fingerprint density at radius 1 is 1.17 bits per heavy atom. The molecule has 0 atom stereocenters. The van der Waals surface area contributed by atoms with Gasteiger partial charge in [-0.15, -0.1) is 10.2 Å². The summed E-state index contributed by atoms with van der Waals surface area (Å²) < 4.78 is 28.2. The molecule has 11 heteroatoms. The van der Waals surface area contributed by atoms with Crippen LogP contribution in [0, 0.1) is 0 Å². The Balaban J connectivity index is 1.86. The maximum atomic E-state index is 13.2. The quantitative estimate of drug-likeness (QED) is 0.374. The van der Waals surface area contributed by atoms with Crippen molar-refractivity contribution in [2.75, 3.05) is 16.2 Å². The minimum absolute atomic E-state index is 0.0734. The fourth-order valence-electron chi connectivity index (χ4n) is 2.46. The van der Waals surface area contributed by atoms with Crippen molar-refractivity contribution in [2.45, 2.75) is 28.3 Å². The first-order valence-corrected chi connectivity index (χ1v) is 12.4. The second kappa shape index (κ2) is 9.78. The van der Waals surface area contributed by atoms with Crippen LogP contribution < -0.4 is 9.62 Å². The first-order valence-electron chi connectivity index (χ1n) is 8.89. The monoisotopic (exact) mass is 482 g/mol. The molecular formula is C19H19ClN4O3S3. The number of nitrogens with one attached hydrogen (secondary N) is 1. The normalized spacial score (nSPS) is 11.5. The fourth-order valence-corrected chi connectivity index (χ4v) is 6.07. The zero-order valence-corrected chi connectivity index (χ0v) is 19.4. The molecule has 1 heterocycles. The van der Waals surface area contributed by atoms with E-state index >= 15 is 0 Å². The van der Waals surface area contributed by atoms with Crippen LogP contribution in [0.3, 0.4) is 0 Å². The highest BCUT2D eigenvalue weighted by Crippen LogP contribution is 2.29. The van der Waals surface area contributed by atoms with Crippen LogP contribution in [0.25, 0.3) is 0 Å². The molecule has 0 unspecified atom stereocenters. The second-order valence-electron chi connectivity index (χ2n) is 6.39. The number of rotatable bonds is 8. The van der Waals surface area contributed by atoms with Crippen molar-refractivity contribution >= 4 is 61.4 Å². The minimum atomic E-state index is -3.99. The molecule has 0 fully saturated rings. The number of amides is 1. The molecule has 0 aliphatic carbocycles. The standard InChI is InChI=1S/C19H19ClN4O3S3/c1-13(2)28-19-23-22-18(29-19)21-17(25)12-24(15-8-6-7-14(20)11-15)30(26,27)16-9-4-3-5-10-16/h3-11,13H,12H2,1-2H3,(H,21,22,25). The highest BCUT2D eigenvalue weighted by Gasteiger charge is 2.27. The molecule has 1 N–H and O–H groups in total. The molecule has 3 rings (SSSR count). The number of anilines is 2. The van der Waals surface area contributed by atoms with E-state index in [1.54, 1.807) is 36.4 Å². The zero-order valence-electron chi connectivity index (χ0n) is 16.1. The average molecular weight is 483 g/mol. The number of halogens is 1. The van der Waals surface area contributed by atoms with Crippen LogP contribution in [0.5, 0.6) is 0 Å². The lowest BCUT2D eigenvalue weighted by Crippen LogP contribution is -2.38. The van der Waals surface area contributed by atoms with Crippen LogP contribution in [-0.2, 0) is 14.8 Å². The van der Waals surface area contributed by atoms with E-state index in [1.165, 1.54) is 41.3 Å². The van der Waals surface area contributed by atoms with Gasteiger partial charge in [0.1, 0.15) is 6.54 Å². The van der Waals surface area contributed by atoms with Crippen LogP contribution in [0.2, 0.25) is 5.02 Å². The molecule has 0 spiro atoms. The van der Waals surface area contributed by atoms with Crippen molar-refractivity contribution in [3.05, 3.63) is 59.6 Å². The highest BCUT2D eigenvalue weighted by molar-refractivity contribution is 8.01. The summed E-state index contributed by atoms with van der Waals surface area (Å²) in [6, 6.07) is 14.3. The second-order valence-corrected chi connectivity index (χ2v) is 11.5. The summed E-state index contributed by atoms with van der Waals surface area (Å²) in [6.45, 7) is 3.62. The Morgan fingerprint density at radius 3 is 2.57 bits per heavy atom. The topological polar surface area (TPSA) is 92.3 Å². The summed E-state index contributed by atoms with van der Waals surface area (Å²) >= 11 is 8.83. The highest BCUT2D eigenvalue weighted by atomic mass is 35.5. The number of aromatic nitrogens is 2. The summed E-state index contributed by atoms with van der Waals surface area (Å²) in [6.07, 6.45) is 0. The summed E-state index contributed by atoms with van der Waals surface area (Å²) in [5.41, 5.74) is 0.287. The SMILES string of the molecule is CC(C)Sc1nnc(NC(=O)CN(c2cccc(Cl)c2)S(=O)(=O)c2ccccc2)s1. The van der Waals surface area contributed by atoms with Crippen molar-refractivity contribution in [3.8, 4) is 0 Å². The number of hydrogen-bond acceptors (Lipinski definition) is 7. The third kappa shape index (κ3) is 5.72. The summed E-state index contributed by atoms with van der Waals surface area (Å²) in [5, 5.41) is 11.6. The number of carbonyl (C=O) groups excluding carboxylic acids is 1. The lowest BCUT2D eigenvalue weighted by atomic mass is 10.3. The van der Waals surface area contributed by atoms with Gasteiger partial charge >= 0.3 is 0 Å². The third-order valence-corrected chi connectivity index (χ3v) is 7.65. The number of sulfonamides is 1. The molecule has 0 aliphatic rings. The lowest BCUT2D eigenvalue weighted by molar-refractivity contribution is -0.114. The van der Waals surface area contributed by atoms with Gasteiger partial charge in [0.2, 0.25) is 11.0 Å². The molecule has 0 radical (unpaired) electrons.